The van der Waals surface area contributed by atoms with Crippen LogP contribution in [0.1, 0.15) is 27.5 Å². The molecule has 1 atom stereocenters. The van der Waals surface area contributed by atoms with Crippen molar-refractivity contribution in [1.29, 1.82) is 0 Å². The maximum atomic E-state index is 14.3. The second kappa shape index (κ2) is 7.43. The summed E-state index contributed by atoms with van der Waals surface area (Å²) in [5.74, 6) is -3.39. The number of nitrogens with zero attached hydrogens (tertiary/aromatic N) is 3. The van der Waals surface area contributed by atoms with E-state index in [0.29, 0.717) is 16.9 Å². The van der Waals surface area contributed by atoms with Gasteiger partial charge in [0.25, 0.3) is 5.91 Å². The minimum Gasteiger partial charge on any atom is -0.368 e. The van der Waals surface area contributed by atoms with Gasteiger partial charge in [-0.05, 0) is 36.2 Å². The van der Waals surface area contributed by atoms with Crippen LogP contribution in [0.3, 0.4) is 0 Å². The molecule has 1 aromatic heterocycles. The fourth-order valence-corrected chi connectivity index (χ4v) is 3.07. The number of nitrogens with one attached hydrogen (secondary N) is 3. The topological polar surface area (TPSA) is 127 Å². The molecule has 0 saturated carbocycles. The number of urea groups is 1. The Morgan fingerprint density at radius 2 is 1.97 bits per heavy atom. The van der Waals surface area contributed by atoms with Crippen LogP contribution >= 0.6 is 0 Å². The quantitative estimate of drug-likeness (QED) is 0.520. The van der Waals surface area contributed by atoms with Crippen LogP contribution in [-0.4, -0.2) is 33.2 Å². The standard InChI is InChI=1S/C19H17F2N7O2/c1-9-2-7-12(20)14(15(9)21)16(29)28-17(22)26-18(27-28)24-11-5-3-10(4-6-11)13-8-23-19(30)25-13/h2-7,13H,8H2,1H3,(H2,23,25,30)(H3,22,24,26,27). The van der Waals surface area contributed by atoms with E-state index in [1.54, 1.807) is 12.1 Å². The van der Waals surface area contributed by atoms with Crippen molar-refractivity contribution in [3.8, 4) is 0 Å². The SMILES string of the molecule is Cc1ccc(F)c(C(=O)n2nc(Nc3ccc(C4CNC(=O)N4)cc3)nc2N)c1F. The lowest BCUT2D eigenvalue weighted by Crippen LogP contribution is -2.21. The first kappa shape index (κ1) is 19.3. The van der Waals surface area contributed by atoms with Crippen molar-refractivity contribution in [2.75, 3.05) is 17.6 Å². The summed E-state index contributed by atoms with van der Waals surface area (Å²) < 4.78 is 28.9. The van der Waals surface area contributed by atoms with Crippen molar-refractivity contribution in [2.24, 2.45) is 0 Å². The number of hydrogen-bond acceptors (Lipinski definition) is 6. The van der Waals surface area contributed by atoms with Crippen LogP contribution in [0.2, 0.25) is 0 Å². The highest BCUT2D eigenvalue weighted by Gasteiger charge is 2.24. The Bertz CT molecular complexity index is 1140. The van der Waals surface area contributed by atoms with Crippen LogP contribution in [0.15, 0.2) is 36.4 Å². The zero-order valence-corrected chi connectivity index (χ0v) is 15.7. The number of carbonyl (C=O) groups is 2. The van der Waals surface area contributed by atoms with Crippen LogP contribution in [0.25, 0.3) is 0 Å². The van der Waals surface area contributed by atoms with E-state index in [1.165, 1.54) is 13.0 Å². The Morgan fingerprint density at radius 3 is 2.63 bits per heavy atom. The molecule has 1 aliphatic heterocycles. The Kier molecular flexibility index (Phi) is 4.78. The molecular weight excluding hydrogens is 396 g/mol. The van der Waals surface area contributed by atoms with E-state index in [2.05, 4.69) is 26.0 Å². The van der Waals surface area contributed by atoms with Gasteiger partial charge in [-0.2, -0.15) is 9.67 Å². The molecule has 154 valence electrons. The van der Waals surface area contributed by atoms with Crippen molar-refractivity contribution in [1.82, 2.24) is 25.4 Å². The Balaban J connectivity index is 1.54. The maximum absolute atomic E-state index is 14.3. The summed E-state index contributed by atoms with van der Waals surface area (Å²) in [7, 11) is 0. The van der Waals surface area contributed by atoms with Gasteiger partial charge in [-0.25, -0.2) is 13.6 Å². The van der Waals surface area contributed by atoms with Crippen molar-refractivity contribution < 1.29 is 18.4 Å². The minimum atomic E-state index is -1.06. The van der Waals surface area contributed by atoms with Crippen molar-refractivity contribution in [2.45, 2.75) is 13.0 Å². The molecule has 2 amide bonds. The summed E-state index contributed by atoms with van der Waals surface area (Å²) in [5, 5.41) is 12.3. The van der Waals surface area contributed by atoms with Crippen LogP contribution in [0.5, 0.6) is 0 Å². The van der Waals surface area contributed by atoms with Crippen molar-refractivity contribution >= 4 is 29.5 Å². The Morgan fingerprint density at radius 1 is 1.23 bits per heavy atom. The number of aryl methyl sites for hydroxylation is 1. The lowest BCUT2D eigenvalue weighted by atomic mass is 10.1. The molecule has 9 nitrogen and oxygen atoms in total. The van der Waals surface area contributed by atoms with Gasteiger partial charge in [0.2, 0.25) is 11.9 Å². The number of hydrogen-bond donors (Lipinski definition) is 4. The first-order valence-corrected chi connectivity index (χ1v) is 8.96. The molecule has 0 radical (unpaired) electrons. The molecule has 11 heteroatoms. The first-order valence-electron chi connectivity index (χ1n) is 8.96. The van der Waals surface area contributed by atoms with Crippen LogP contribution in [-0.2, 0) is 0 Å². The average Bonchev–Trinajstić information content (AvgIpc) is 3.31. The number of benzene rings is 2. The number of amides is 2. The van der Waals surface area contributed by atoms with E-state index < -0.39 is 23.1 Å². The number of nitrogen functional groups attached to an aromatic ring is 1. The highest BCUT2D eigenvalue weighted by atomic mass is 19.1. The highest BCUT2D eigenvalue weighted by Crippen LogP contribution is 2.22. The van der Waals surface area contributed by atoms with Crippen molar-refractivity contribution in [3.05, 3.63) is 64.7 Å². The molecule has 1 aliphatic rings. The van der Waals surface area contributed by atoms with Gasteiger partial charge < -0.3 is 21.7 Å². The number of aromatic nitrogens is 3. The van der Waals surface area contributed by atoms with Gasteiger partial charge in [0, 0.05) is 12.2 Å². The fourth-order valence-electron chi connectivity index (χ4n) is 3.07. The number of rotatable bonds is 4. The highest BCUT2D eigenvalue weighted by molar-refractivity contribution is 5.97. The fraction of sp³-hybridized carbons (Fsp3) is 0.158. The van der Waals surface area contributed by atoms with E-state index in [4.69, 9.17) is 5.73 Å². The lowest BCUT2D eigenvalue weighted by molar-refractivity contribution is 0.0939. The summed E-state index contributed by atoms with van der Waals surface area (Å²) in [4.78, 5) is 27.8. The molecule has 1 saturated heterocycles. The molecule has 1 unspecified atom stereocenters. The molecule has 0 spiro atoms. The Hall–Kier alpha value is -4.02. The maximum Gasteiger partial charge on any atom is 0.315 e. The molecular formula is C19H17F2N7O2. The molecule has 4 rings (SSSR count). The molecule has 3 aromatic rings. The Labute approximate surface area is 169 Å². The van der Waals surface area contributed by atoms with Gasteiger partial charge in [-0.1, -0.05) is 18.2 Å². The number of carbonyl (C=O) groups excluding carboxylic acids is 2. The van der Waals surface area contributed by atoms with Gasteiger partial charge in [0.05, 0.1) is 6.04 Å². The van der Waals surface area contributed by atoms with E-state index >= 15 is 0 Å². The zero-order valence-electron chi connectivity index (χ0n) is 15.7. The average molecular weight is 413 g/mol. The lowest BCUT2D eigenvalue weighted by Gasteiger charge is -2.10. The van der Waals surface area contributed by atoms with Gasteiger partial charge in [-0.3, -0.25) is 4.79 Å². The van der Waals surface area contributed by atoms with Gasteiger partial charge in [0.15, 0.2) is 0 Å². The summed E-state index contributed by atoms with van der Waals surface area (Å²) in [6.45, 7) is 1.91. The number of nitrogens with two attached hydrogens (primary N) is 1. The zero-order chi connectivity index (χ0) is 21.4. The second-order valence-electron chi connectivity index (χ2n) is 6.72. The normalized spacial score (nSPS) is 15.6. The summed E-state index contributed by atoms with van der Waals surface area (Å²) in [5.41, 5.74) is 6.58. The van der Waals surface area contributed by atoms with Crippen LogP contribution < -0.4 is 21.7 Å². The minimum absolute atomic E-state index is 0.0158. The van der Waals surface area contributed by atoms with Crippen LogP contribution in [0.4, 0.5) is 31.2 Å². The molecule has 0 bridgehead atoms. The van der Waals surface area contributed by atoms with E-state index in [1.807, 2.05) is 12.1 Å². The summed E-state index contributed by atoms with van der Waals surface area (Å²) in [6, 6.07) is 8.97. The molecule has 0 aliphatic carbocycles. The van der Waals surface area contributed by atoms with E-state index in [9.17, 15) is 18.4 Å². The summed E-state index contributed by atoms with van der Waals surface area (Å²) in [6.07, 6.45) is 0. The monoisotopic (exact) mass is 413 g/mol. The van der Waals surface area contributed by atoms with Crippen molar-refractivity contribution in [3.63, 3.8) is 0 Å². The third-order valence-electron chi connectivity index (χ3n) is 4.66. The predicted octanol–water partition coefficient (Wildman–Crippen LogP) is 2.23. The second-order valence-corrected chi connectivity index (χ2v) is 6.72. The molecule has 1 fully saturated rings. The van der Waals surface area contributed by atoms with Crippen LogP contribution in [0, 0.1) is 18.6 Å². The van der Waals surface area contributed by atoms with Gasteiger partial charge >= 0.3 is 6.03 Å². The third kappa shape index (κ3) is 3.52. The van der Waals surface area contributed by atoms with E-state index in [-0.39, 0.29) is 29.5 Å². The number of anilines is 3. The summed E-state index contributed by atoms with van der Waals surface area (Å²) >= 11 is 0. The molecule has 2 aromatic carbocycles. The number of halogens is 2. The van der Waals surface area contributed by atoms with Gasteiger partial charge in [0.1, 0.15) is 17.2 Å². The largest absolute Gasteiger partial charge is 0.368 e. The molecule has 5 N–H and O–H groups in total. The smallest absolute Gasteiger partial charge is 0.315 e. The third-order valence-corrected chi connectivity index (χ3v) is 4.66. The van der Waals surface area contributed by atoms with E-state index in [0.717, 1.165) is 11.6 Å². The van der Waals surface area contributed by atoms with Gasteiger partial charge in [-0.15, -0.1) is 5.10 Å². The molecule has 2 heterocycles. The predicted molar refractivity (Wildman–Crippen MR) is 104 cm³/mol. The molecule has 30 heavy (non-hydrogen) atoms. The first-order chi connectivity index (χ1) is 14.3.